The summed E-state index contributed by atoms with van der Waals surface area (Å²) in [6.45, 7) is 12.8. The fourth-order valence-corrected chi connectivity index (χ4v) is 7.72. The molecule has 4 fully saturated rings. The highest BCUT2D eigenvalue weighted by Gasteiger charge is 2.52. The Balaban J connectivity index is 1.35. The van der Waals surface area contributed by atoms with Crippen molar-refractivity contribution >= 4 is 11.9 Å². The summed E-state index contributed by atoms with van der Waals surface area (Å²) in [6, 6.07) is 14.6. The third-order valence-corrected chi connectivity index (χ3v) is 9.48. The maximum Gasteiger partial charge on any atom is 0.339 e. The molecule has 0 aliphatic heterocycles. The summed E-state index contributed by atoms with van der Waals surface area (Å²) in [5.74, 6) is 3.35. The Labute approximate surface area is 245 Å². The summed E-state index contributed by atoms with van der Waals surface area (Å²) in [6.07, 6.45) is 9.80. The van der Waals surface area contributed by atoms with Crippen LogP contribution in [0, 0.1) is 23.2 Å². The van der Waals surface area contributed by atoms with Crippen LogP contribution in [0.1, 0.15) is 91.0 Å². The molecule has 0 aromatic heterocycles. The molecule has 4 bridgehead atoms. The molecule has 0 saturated heterocycles. The first-order chi connectivity index (χ1) is 19.6. The third-order valence-electron chi connectivity index (χ3n) is 9.48. The van der Waals surface area contributed by atoms with Crippen molar-refractivity contribution < 1.29 is 23.8 Å². The Morgan fingerprint density at radius 1 is 0.902 bits per heavy atom. The molecular weight excluding hydrogens is 512 g/mol. The number of benzene rings is 2. The van der Waals surface area contributed by atoms with Crippen LogP contribution in [-0.2, 0) is 19.7 Å². The van der Waals surface area contributed by atoms with Crippen molar-refractivity contribution in [1.29, 1.82) is 0 Å². The summed E-state index contributed by atoms with van der Waals surface area (Å²) in [7, 11) is 0. The minimum atomic E-state index is -0.356. The summed E-state index contributed by atoms with van der Waals surface area (Å²) in [5, 5.41) is 0. The Morgan fingerprint density at radius 3 is 2.10 bits per heavy atom. The van der Waals surface area contributed by atoms with Gasteiger partial charge in [0.05, 0.1) is 13.2 Å². The van der Waals surface area contributed by atoms with E-state index in [1.807, 2.05) is 45.9 Å². The van der Waals surface area contributed by atoms with Gasteiger partial charge in [-0.3, -0.25) is 4.79 Å². The van der Waals surface area contributed by atoms with Gasteiger partial charge in [0.2, 0.25) is 0 Å². The lowest BCUT2D eigenvalue weighted by Crippen LogP contribution is -2.48. The topological polar surface area (TPSA) is 61.8 Å². The van der Waals surface area contributed by atoms with Crippen molar-refractivity contribution in [3.8, 4) is 22.6 Å². The molecule has 220 valence electrons. The Hall–Kier alpha value is -3.08. The van der Waals surface area contributed by atoms with E-state index >= 15 is 0 Å². The number of unbranched alkanes of at least 4 members (excludes halogenated alkanes) is 1. The maximum atomic E-state index is 12.9. The van der Waals surface area contributed by atoms with Gasteiger partial charge >= 0.3 is 11.9 Å². The number of ether oxygens (including phenoxy) is 3. The number of hydrogen-bond acceptors (Lipinski definition) is 5. The van der Waals surface area contributed by atoms with Gasteiger partial charge in [0.1, 0.15) is 11.5 Å². The molecule has 4 aliphatic rings. The lowest BCUT2D eigenvalue weighted by atomic mass is 9.47. The lowest BCUT2D eigenvalue weighted by molar-refractivity contribution is -0.143. The molecule has 4 saturated carbocycles. The summed E-state index contributed by atoms with van der Waals surface area (Å²) in [4.78, 5) is 24.5. The van der Waals surface area contributed by atoms with Crippen molar-refractivity contribution in [3.63, 3.8) is 0 Å². The normalized spacial score (nSPS) is 24.6. The number of rotatable bonds is 11. The van der Waals surface area contributed by atoms with E-state index in [2.05, 4.69) is 30.8 Å². The smallest absolute Gasteiger partial charge is 0.339 e. The van der Waals surface area contributed by atoms with E-state index in [0.717, 1.165) is 41.9 Å². The molecule has 0 spiro atoms. The molecule has 6 rings (SSSR count). The molecule has 41 heavy (non-hydrogen) atoms. The zero-order chi connectivity index (χ0) is 29.2. The van der Waals surface area contributed by atoms with E-state index in [0.29, 0.717) is 31.0 Å². The molecular formula is C36H46O5. The second-order valence-electron chi connectivity index (χ2n) is 13.7. The van der Waals surface area contributed by atoms with Crippen molar-refractivity contribution in [2.24, 2.45) is 23.2 Å². The molecule has 4 aliphatic carbocycles. The van der Waals surface area contributed by atoms with Gasteiger partial charge in [-0.05, 0) is 128 Å². The summed E-state index contributed by atoms with van der Waals surface area (Å²) < 4.78 is 16.9. The first-order valence-corrected chi connectivity index (χ1v) is 15.5. The van der Waals surface area contributed by atoms with Crippen LogP contribution >= 0.6 is 0 Å². The van der Waals surface area contributed by atoms with Crippen molar-refractivity contribution in [1.82, 2.24) is 0 Å². The van der Waals surface area contributed by atoms with Gasteiger partial charge in [-0.15, -0.1) is 0 Å². The Bertz CT molecular complexity index is 1230. The fourth-order valence-electron chi connectivity index (χ4n) is 7.72. The molecule has 0 heterocycles. The molecule has 0 atom stereocenters. The highest BCUT2D eigenvalue weighted by Crippen LogP contribution is 2.62. The molecule has 5 nitrogen and oxygen atoms in total. The Morgan fingerprint density at radius 2 is 1.51 bits per heavy atom. The summed E-state index contributed by atoms with van der Waals surface area (Å²) in [5.41, 5.74) is 3.99. The van der Waals surface area contributed by atoms with Crippen LogP contribution < -0.4 is 9.47 Å². The summed E-state index contributed by atoms with van der Waals surface area (Å²) >= 11 is 0. The predicted molar refractivity (Wildman–Crippen MR) is 162 cm³/mol. The maximum absolute atomic E-state index is 12.9. The standard InChI is InChI=1S/C36H46O5/c1-6-39-33(37)9-7-8-16-40-29-12-10-28(11-13-29)31-15-14-30(41-34(38)24(2)35(3,4)5)20-32(31)36-21-25-17-26(22-36)19-27(18-25)23-36/h10-15,20,25-27H,2,6-9,16-19,21-23H2,1,3-5H3. The van der Waals surface area contributed by atoms with Crippen LogP contribution in [0.3, 0.4) is 0 Å². The van der Waals surface area contributed by atoms with Crippen LogP contribution in [0.5, 0.6) is 11.5 Å². The van der Waals surface area contributed by atoms with Crippen LogP contribution in [0.4, 0.5) is 0 Å². The van der Waals surface area contributed by atoms with E-state index in [4.69, 9.17) is 14.2 Å². The van der Waals surface area contributed by atoms with E-state index in [1.54, 1.807) is 0 Å². The van der Waals surface area contributed by atoms with Gasteiger partial charge in [-0.1, -0.05) is 45.5 Å². The molecule has 5 heteroatoms. The Kier molecular flexibility index (Phi) is 8.63. The minimum absolute atomic E-state index is 0.141. The van der Waals surface area contributed by atoms with Crippen molar-refractivity contribution in [3.05, 3.63) is 60.2 Å². The predicted octanol–water partition coefficient (Wildman–Crippen LogP) is 8.44. The van der Waals surface area contributed by atoms with E-state index in [-0.39, 0.29) is 22.8 Å². The number of carbonyl (C=O) groups excluding carboxylic acids is 2. The largest absolute Gasteiger partial charge is 0.494 e. The second kappa shape index (κ2) is 12.0. The second-order valence-corrected chi connectivity index (χ2v) is 13.7. The lowest BCUT2D eigenvalue weighted by Gasteiger charge is -2.57. The fraction of sp³-hybridized carbons (Fsp3) is 0.556. The minimum Gasteiger partial charge on any atom is -0.494 e. The molecule has 2 aromatic carbocycles. The van der Waals surface area contributed by atoms with E-state index in [9.17, 15) is 9.59 Å². The highest BCUT2D eigenvalue weighted by atomic mass is 16.5. The number of hydrogen-bond donors (Lipinski definition) is 0. The van der Waals surface area contributed by atoms with Crippen LogP contribution in [0.15, 0.2) is 54.6 Å². The van der Waals surface area contributed by atoms with Gasteiger partial charge in [0.25, 0.3) is 0 Å². The van der Waals surface area contributed by atoms with Crippen molar-refractivity contribution in [2.75, 3.05) is 13.2 Å². The third kappa shape index (κ3) is 6.71. The van der Waals surface area contributed by atoms with Crippen LogP contribution in [0.2, 0.25) is 0 Å². The molecule has 0 amide bonds. The van der Waals surface area contributed by atoms with Crippen molar-refractivity contribution in [2.45, 2.75) is 90.9 Å². The van der Waals surface area contributed by atoms with Gasteiger partial charge < -0.3 is 14.2 Å². The molecule has 0 unspecified atom stereocenters. The number of carbonyl (C=O) groups is 2. The zero-order valence-electron chi connectivity index (χ0n) is 25.3. The SMILES string of the molecule is C=C(C(=O)Oc1ccc(-c2ccc(OCCCCC(=O)OCC)cc2)c(C23CC4CC(CC(C4)C2)C3)c1)C(C)(C)C. The zero-order valence-corrected chi connectivity index (χ0v) is 25.3. The molecule has 0 radical (unpaired) electrons. The quantitative estimate of drug-likeness (QED) is 0.120. The molecule has 0 N–H and O–H groups in total. The highest BCUT2D eigenvalue weighted by molar-refractivity contribution is 5.91. The van der Waals surface area contributed by atoms with Gasteiger partial charge in [-0.25, -0.2) is 4.79 Å². The van der Waals surface area contributed by atoms with Gasteiger partial charge in [0, 0.05) is 12.0 Å². The average molecular weight is 559 g/mol. The average Bonchev–Trinajstić information content (AvgIpc) is 2.92. The first-order valence-electron chi connectivity index (χ1n) is 15.5. The number of esters is 2. The monoisotopic (exact) mass is 558 g/mol. The van der Waals surface area contributed by atoms with Crippen LogP contribution in [-0.4, -0.2) is 25.2 Å². The van der Waals surface area contributed by atoms with Gasteiger partial charge in [0.15, 0.2) is 0 Å². The van der Waals surface area contributed by atoms with E-state index in [1.165, 1.54) is 49.7 Å². The first kappa shape index (κ1) is 29.4. The van der Waals surface area contributed by atoms with Crippen LogP contribution in [0.25, 0.3) is 11.1 Å². The molecule has 2 aromatic rings. The van der Waals surface area contributed by atoms with E-state index < -0.39 is 0 Å². The van der Waals surface area contributed by atoms with Gasteiger partial charge in [-0.2, -0.15) is 0 Å².